The lowest BCUT2D eigenvalue weighted by molar-refractivity contribution is -0.141. The molecule has 0 fully saturated rings. The highest BCUT2D eigenvalue weighted by molar-refractivity contribution is 5.70. The van der Waals surface area contributed by atoms with Gasteiger partial charge in [-0.25, -0.2) is 0 Å². The molecular formula is C26H52O16. The van der Waals surface area contributed by atoms with Gasteiger partial charge in [0.1, 0.15) is 0 Å². The lowest BCUT2D eigenvalue weighted by Crippen LogP contribution is -2.03. The quantitative estimate of drug-likeness (QED) is 0.216. The van der Waals surface area contributed by atoms with Crippen LogP contribution in [0.3, 0.4) is 0 Å². The smallest absolute Gasteiger partial charge is 0.305 e. The molecule has 0 heterocycles. The first-order valence-corrected chi connectivity index (χ1v) is 12.1. The Kier molecular flexibility index (Phi) is 53.4. The van der Waals surface area contributed by atoms with Gasteiger partial charge in [0.2, 0.25) is 0 Å². The van der Waals surface area contributed by atoms with Crippen LogP contribution in [0, 0.1) is 29.6 Å². The van der Waals surface area contributed by atoms with E-state index in [0.717, 1.165) is 20.8 Å². The van der Waals surface area contributed by atoms with Crippen LogP contribution in [-0.2, 0) is 38.4 Å². The third kappa shape index (κ3) is 174. The topological polar surface area (TPSA) is 298 Å². The molecule has 0 saturated carbocycles. The molecule has 0 rings (SSSR count). The van der Waals surface area contributed by atoms with Gasteiger partial charge in [0, 0.05) is 20.8 Å². The average molecular weight is 621 g/mol. The summed E-state index contributed by atoms with van der Waals surface area (Å²) in [6.07, 6.45) is 0. The number of carboxylic acid groups (broad SMARTS) is 8. The summed E-state index contributed by atoms with van der Waals surface area (Å²) in [7, 11) is 0. The Morgan fingerprint density at radius 3 is 0.310 bits per heavy atom. The summed E-state index contributed by atoms with van der Waals surface area (Å²) in [6, 6.07) is 0. The van der Waals surface area contributed by atoms with Crippen LogP contribution < -0.4 is 0 Å². The molecule has 252 valence electrons. The minimum absolute atomic E-state index is 0.231. The molecule has 0 aliphatic rings. The van der Waals surface area contributed by atoms with E-state index in [0.29, 0.717) is 0 Å². The fourth-order valence-electron chi connectivity index (χ4n) is 0. The first kappa shape index (κ1) is 57.6. The second-order valence-corrected chi connectivity index (χ2v) is 9.02. The van der Waals surface area contributed by atoms with E-state index >= 15 is 0 Å². The van der Waals surface area contributed by atoms with E-state index in [1.165, 1.54) is 0 Å². The molecule has 0 bridgehead atoms. The fourth-order valence-corrected chi connectivity index (χ4v) is 0. The normalized spacial score (nSPS) is 8.33. The lowest BCUT2D eigenvalue weighted by Gasteiger charge is -1.89. The van der Waals surface area contributed by atoms with Crippen molar-refractivity contribution in [3.8, 4) is 0 Å². The molecule has 0 atom stereocenters. The number of carbonyl (C=O) groups is 8. The fraction of sp³-hybridized carbons (Fsp3) is 0.692. The maximum atomic E-state index is 9.70. The largest absolute Gasteiger partial charge is 0.481 e. The zero-order valence-electron chi connectivity index (χ0n) is 26.7. The highest BCUT2D eigenvalue weighted by Crippen LogP contribution is 1.89. The van der Waals surface area contributed by atoms with Crippen molar-refractivity contribution in [2.75, 3.05) is 0 Å². The van der Waals surface area contributed by atoms with Gasteiger partial charge in [-0.3, -0.25) is 38.4 Å². The molecule has 0 saturated heterocycles. The molecule has 0 aliphatic heterocycles. The van der Waals surface area contributed by atoms with E-state index in [9.17, 15) is 24.0 Å². The molecule has 0 aromatic rings. The van der Waals surface area contributed by atoms with Gasteiger partial charge >= 0.3 is 29.8 Å². The minimum Gasteiger partial charge on any atom is -0.481 e. The Balaban J connectivity index is -0.0000000528. The zero-order chi connectivity index (χ0) is 36.5. The average Bonchev–Trinajstić information content (AvgIpc) is 2.73. The Bertz CT molecular complexity index is 606. The molecule has 0 aliphatic carbocycles. The summed E-state index contributed by atoms with van der Waals surface area (Å²) < 4.78 is 0. The van der Waals surface area contributed by atoms with Gasteiger partial charge < -0.3 is 40.9 Å². The van der Waals surface area contributed by atoms with E-state index in [4.69, 9.17) is 55.2 Å². The third-order valence-electron chi connectivity index (χ3n) is 2.47. The Labute approximate surface area is 247 Å². The highest BCUT2D eigenvalue weighted by Gasteiger charge is 2.01. The van der Waals surface area contributed by atoms with E-state index in [2.05, 4.69) is 0 Å². The number of rotatable bonds is 5. The Hall–Kier alpha value is -4.24. The summed E-state index contributed by atoms with van der Waals surface area (Å²) in [4.78, 5) is 75.5. The van der Waals surface area contributed by atoms with Crippen LogP contribution in [0.2, 0.25) is 0 Å². The molecule has 0 aromatic carbocycles. The number of hydrogen-bond donors (Lipinski definition) is 8. The predicted molar refractivity (Wildman–Crippen MR) is 152 cm³/mol. The molecule has 42 heavy (non-hydrogen) atoms. The van der Waals surface area contributed by atoms with Crippen molar-refractivity contribution >= 4 is 47.8 Å². The van der Waals surface area contributed by atoms with Crippen LogP contribution in [0.5, 0.6) is 0 Å². The Morgan fingerprint density at radius 2 is 0.310 bits per heavy atom. The van der Waals surface area contributed by atoms with Crippen LogP contribution >= 0.6 is 0 Å². The highest BCUT2D eigenvalue weighted by atomic mass is 16.4. The van der Waals surface area contributed by atoms with Gasteiger partial charge in [0.15, 0.2) is 0 Å². The summed E-state index contributed by atoms with van der Waals surface area (Å²) in [5.41, 5.74) is 0. The van der Waals surface area contributed by atoms with Crippen molar-refractivity contribution in [2.24, 2.45) is 29.6 Å². The van der Waals surface area contributed by atoms with Gasteiger partial charge in [-0.15, -0.1) is 0 Å². The molecular weight excluding hydrogens is 568 g/mol. The number of hydrogen-bond acceptors (Lipinski definition) is 8. The van der Waals surface area contributed by atoms with Crippen LogP contribution in [0.1, 0.15) is 90.0 Å². The molecule has 0 amide bonds. The predicted octanol–water partition coefficient (Wildman–Crippen LogP) is 3.91. The molecule has 0 aromatic heterocycles. The summed E-state index contributed by atoms with van der Waals surface area (Å²) in [6.45, 7) is 19.7. The van der Waals surface area contributed by atoms with Crippen molar-refractivity contribution in [2.45, 2.75) is 90.0 Å². The summed E-state index contributed by atoms with van der Waals surface area (Å²) >= 11 is 0. The summed E-state index contributed by atoms with van der Waals surface area (Å²) in [5.74, 6) is -7.36. The van der Waals surface area contributed by atoms with Gasteiger partial charge in [-0.1, -0.05) is 69.2 Å². The first-order valence-electron chi connectivity index (χ1n) is 12.1. The molecule has 0 unspecified atom stereocenters. The number of aliphatic carboxylic acids is 8. The second-order valence-electron chi connectivity index (χ2n) is 9.02. The van der Waals surface area contributed by atoms with Crippen LogP contribution in [-0.4, -0.2) is 88.6 Å². The molecule has 16 nitrogen and oxygen atoms in total. The van der Waals surface area contributed by atoms with Crippen LogP contribution in [0.4, 0.5) is 0 Å². The van der Waals surface area contributed by atoms with E-state index in [1.54, 1.807) is 69.2 Å². The molecule has 0 radical (unpaired) electrons. The van der Waals surface area contributed by atoms with Gasteiger partial charge in [0.05, 0.1) is 29.6 Å². The lowest BCUT2D eigenvalue weighted by atomic mass is 10.2. The van der Waals surface area contributed by atoms with Crippen LogP contribution in [0.25, 0.3) is 0 Å². The van der Waals surface area contributed by atoms with Crippen molar-refractivity contribution in [1.82, 2.24) is 0 Å². The monoisotopic (exact) mass is 620 g/mol. The van der Waals surface area contributed by atoms with Crippen molar-refractivity contribution in [1.29, 1.82) is 0 Å². The molecule has 8 N–H and O–H groups in total. The SMILES string of the molecule is CC(=O)O.CC(=O)O.CC(=O)O.CC(C)C(=O)O.CC(C)C(=O)O.CC(C)C(=O)O.CC(C)C(=O)O.CC(C)C(=O)O. The minimum atomic E-state index is -0.833. The first-order chi connectivity index (χ1) is 18.4. The maximum absolute atomic E-state index is 9.70. The van der Waals surface area contributed by atoms with Gasteiger partial charge in [0.25, 0.3) is 17.9 Å². The van der Waals surface area contributed by atoms with E-state index < -0.39 is 47.8 Å². The summed E-state index contributed by atoms with van der Waals surface area (Å²) in [5, 5.41) is 62.2. The standard InChI is InChI=1S/5C4H8O2.3C2H4O2/c5*1-3(2)4(5)6;3*1-2(3)4/h5*3H,1-2H3,(H,5,6);3*1H3,(H,3,4). The van der Waals surface area contributed by atoms with Crippen LogP contribution in [0.15, 0.2) is 0 Å². The van der Waals surface area contributed by atoms with Crippen molar-refractivity contribution < 1.29 is 79.2 Å². The molecule has 16 heteroatoms. The Morgan fingerprint density at radius 1 is 0.286 bits per heavy atom. The van der Waals surface area contributed by atoms with Gasteiger partial charge in [-0.2, -0.15) is 0 Å². The maximum Gasteiger partial charge on any atom is 0.305 e. The van der Waals surface area contributed by atoms with E-state index in [-0.39, 0.29) is 29.6 Å². The third-order valence-corrected chi connectivity index (χ3v) is 2.47. The second kappa shape index (κ2) is 38.9. The van der Waals surface area contributed by atoms with Crippen molar-refractivity contribution in [3.63, 3.8) is 0 Å². The van der Waals surface area contributed by atoms with Crippen molar-refractivity contribution in [3.05, 3.63) is 0 Å². The van der Waals surface area contributed by atoms with E-state index in [1.807, 2.05) is 0 Å². The number of carboxylic acids is 8. The van der Waals surface area contributed by atoms with Gasteiger partial charge in [-0.05, 0) is 0 Å². The molecule has 0 spiro atoms. The zero-order valence-corrected chi connectivity index (χ0v) is 26.7.